The quantitative estimate of drug-likeness (QED) is 0.621. The summed E-state index contributed by atoms with van der Waals surface area (Å²) in [5.74, 6) is -1.70. The number of anilines is 1. The zero-order valence-electron chi connectivity index (χ0n) is 17.2. The normalized spacial score (nSPS) is 17.2. The summed E-state index contributed by atoms with van der Waals surface area (Å²) in [7, 11) is -4.16. The predicted octanol–water partition coefficient (Wildman–Crippen LogP) is 4.95. The van der Waals surface area contributed by atoms with Crippen LogP contribution in [0.1, 0.15) is 30.1 Å². The van der Waals surface area contributed by atoms with Crippen molar-refractivity contribution in [1.82, 2.24) is 4.90 Å². The summed E-state index contributed by atoms with van der Waals surface area (Å²) in [6.07, 6.45) is -4.22. The van der Waals surface area contributed by atoms with E-state index in [-0.39, 0.29) is 40.6 Å². The summed E-state index contributed by atoms with van der Waals surface area (Å²) in [6.45, 7) is 1.99. The minimum Gasteiger partial charge on any atom is -0.494 e. The van der Waals surface area contributed by atoms with E-state index >= 15 is 0 Å². The number of hydrogen-bond donors (Lipinski definition) is 1. The second-order valence-electron chi connectivity index (χ2n) is 7.34. The average Bonchev–Trinajstić information content (AvgIpc) is 2.74. The number of hydrogen-bond acceptors (Lipinski definition) is 4. The highest BCUT2D eigenvalue weighted by Gasteiger charge is 2.42. The number of carbonyl (C=O) groups is 1. The minimum absolute atomic E-state index is 0.0421. The first kappa shape index (κ1) is 24.2. The maximum Gasteiger partial charge on any atom is 0.393 e. The molecular weight excluding hydrogens is 469 g/mol. The highest BCUT2D eigenvalue weighted by atomic mass is 35.5. The maximum atomic E-state index is 13.1. The highest BCUT2D eigenvalue weighted by molar-refractivity contribution is 7.92. The summed E-state index contributed by atoms with van der Waals surface area (Å²) in [5.41, 5.74) is 0.203. The van der Waals surface area contributed by atoms with E-state index in [0.29, 0.717) is 12.4 Å². The molecule has 11 heteroatoms. The first-order chi connectivity index (χ1) is 15.0. The van der Waals surface area contributed by atoms with E-state index in [1.807, 2.05) is 6.92 Å². The predicted molar refractivity (Wildman–Crippen MR) is 115 cm³/mol. The Morgan fingerprint density at radius 1 is 1.22 bits per heavy atom. The van der Waals surface area contributed by atoms with Crippen LogP contribution in [0.25, 0.3) is 0 Å². The number of sulfonamides is 1. The topological polar surface area (TPSA) is 75.7 Å². The van der Waals surface area contributed by atoms with Crippen LogP contribution < -0.4 is 9.46 Å². The molecule has 6 nitrogen and oxygen atoms in total. The van der Waals surface area contributed by atoms with Gasteiger partial charge in [-0.3, -0.25) is 9.52 Å². The Bertz CT molecular complexity index is 1080. The monoisotopic (exact) mass is 490 g/mol. The first-order valence-electron chi connectivity index (χ1n) is 9.92. The van der Waals surface area contributed by atoms with Crippen molar-refractivity contribution in [1.29, 1.82) is 0 Å². The van der Waals surface area contributed by atoms with Crippen LogP contribution in [-0.4, -0.2) is 45.1 Å². The molecule has 174 valence electrons. The third-order valence-electron chi connectivity index (χ3n) is 5.06. The molecule has 1 aliphatic rings. The smallest absolute Gasteiger partial charge is 0.393 e. The van der Waals surface area contributed by atoms with Gasteiger partial charge >= 0.3 is 6.18 Å². The van der Waals surface area contributed by atoms with Gasteiger partial charge < -0.3 is 9.64 Å². The van der Waals surface area contributed by atoms with Crippen molar-refractivity contribution in [3.8, 4) is 5.75 Å². The minimum atomic E-state index is -4.39. The van der Waals surface area contributed by atoms with Gasteiger partial charge in [0, 0.05) is 24.3 Å². The summed E-state index contributed by atoms with van der Waals surface area (Å²) in [5, 5.41) is -0.119. The van der Waals surface area contributed by atoms with Crippen molar-refractivity contribution in [3.05, 3.63) is 53.1 Å². The van der Waals surface area contributed by atoms with Crippen LogP contribution >= 0.6 is 11.6 Å². The van der Waals surface area contributed by atoms with Crippen LogP contribution in [0, 0.1) is 5.92 Å². The summed E-state index contributed by atoms with van der Waals surface area (Å²) in [4.78, 5) is 13.6. The van der Waals surface area contributed by atoms with Crippen LogP contribution in [0.3, 0.4) is 0 Å². The van der Waals surface area contributed by atoms with Crippen molar-refractivity contribution in [3.63, 3.8) is 0 Å². The molecule has 1 aliphatic heterocycles. The number of nitrogens with one attached hydrogen (secondary N) is 1. The van der Waals surface area contributed by atoms with E-state index in [1.165, 1.54) is 24.3 Å². The van der Waals surface area contributed by atoms with Crippen molar-refractivity contribution in [2.24, 2.45) is 5.92 Å². The SMILES string of the molecule is CCOc1ccc(NS(=O)(=O)c2cc(C(=O)N3CCCC(C(F)(F)F)C3)ccc2Cl)cc1. The van der Waals surface area contributed by atoms with E-state index in [0.717, 1.165) is 11.0 Å². The lowest BCUT2D eigenvalue weighted by Crippen LogP contribution is -2.44. The Labute approximate surface area is 189 Å². The third kappa shape index (κ3) is 5.66. The molecule has 1 fully saturated rings. The molecule has 1 heterocycles. The van der Waals surface area contributed by atoms with E-state index in [1.54, 1.807) is 12.1 Å². The molecular formula is C21H22ClF3N2O4S. The molecule has 2 aromatic carbocycles. The molecule has 0 aliphatic carbocycles. The molecule has 1 atom stereocenters. The molecule has 1 unspecified atom stereocenters. The van der Waals surface area contributed by atoms with E-state index < -0.39 is 34.6 Å². The Morgan fingerprint density at radius 3 is 2.53 bits per heavy atom. The number of carbonyl (C=O) groups excluding carboxylic acids is 1. The van der Waals surface area contributed by atoms with Gasteiger partial charge in [-0.2, -0.15) is 13.2 Å². The van der Waals surface area contributed by atoms with Crippen molar-refractivity contribution < 1.29 is 31.1 Å². The van der Waals surface area contributed by atoms with Gasteiger partial charge in [0.05, 0.1) is 17.5 Å². The number of halogens is 4. The van der Waals surface area contributed by atoms with Crippen LogP contribution in [0.2, 0.25) is 5.02 Å². The molecule has 2 aromatic rings. The third-order valence-corrected chi connectivity index (χ3v) is 6.92. The molecule has 1 N–H and O–H groups in total. The van der Waals surface area contributed by atoms with Gasteiger partial charge in [0.25, 0.3) is 15.9 Å². The largest absolute Gasteiger partial charge is 0.494 e. The van der Waals surface area contributed by atoms with Crippen LogP contribution in [0.4, 0.5) is 18.9 Å². The Kier molecular flexibility index (Phi) is 7.24. The lowest BCUT2D eigenvalue weighted by molar-refractivity contribution is -0.184. The molecule has 0 spiro atoms. The van der Waals surface area contributed by atoms with Crippen molar-refractivity contribution in [2.45, 2.75) is 30.8 Å². The molecule has 32 heavy (non-hydrogen) atoms. The summed E-state index contributed by atoms with van der Waals surface area (Å²) >= 11 is 6.07. The van der Waals surface area contributed by atoms with Crippen LogP contribution in [0.5, 0.6) is 5.75 Å². The van der Waals surface area contributed by atoms with Gasteiger partial charge in [0.2, 0.25) is 0 Å². The number of likely N-dealkylation sites (tertiary alicyclic amines) is 1. The van der Waals surface area contributed by atoms with Gasteiger partial charge in [0.15, 0.2) is 0 Å². The van der Waals surface area contributed by atoms with Crippen molar-refractivity contribution >= 4 is 33.2 Å². The fraction of sp³-hybridized carbons (Fsp3) is 0.381. The summed E-state index contributed by atoms with van der Waals surface area (Å²) in [6, 6.07) is 9.84. The zero-order chi connectivity index (χ0) is 23.5. The zero-order valence-corrected chi connectivity index (χ0v) is 18.7. The fourth-order valence-corrected chi connectivity index (χ4v) is 5.04. The number of ether oxygens (including phenoxy) is 1. The van der Waals surface area contributed by atoms with E-state index in [9.17, 15) is 26.4 Å². The molecule has 0 aromatic heterocycles. The molecule has 3 rings (SSSR count). The molecule has 1 amide bonds. The van der Waals surface area contributed by atoms with Crippen LogP contribution in [-0.2, 0) is 10.0 Å². The molecule has 0 radical (unpaired) electrons. The van der Waals surface area contributed by atoms with E-state index in [4.69, 9.17) is 16.3 Å². The second kappa shape index (κ2) is 9.58. The lowest BCUT2D eigenvalue weighted by Gasteiger charge is -2.33. The number of amides is 1. The number of rotatable bonds is 6. The molecule has 0 saturated carbocycles. The molecule has 1 saturated heterocycles. The Morgan fingerprint density at radius 2 is 1.91 bits per heavy atom. The molecule has 0 bridgehead atoms. The fourth-order valence-electron chi connectivity index (χ4n) is 3.45. The number of piperidine rings is 1. The first-order valence-corrected chi connectivity index (χ1v) is 11.8. The van der Waals surface area contributed by atoms with Gasteiger partial charge in [-0.25, -0.2) is 8.42 Å². The number of benzene rings is 2. The lowest BCUT2D eigenvalue weighted by atomic mass is 9.97. The highest BCUT2D eigenvalue weighted by Crippen LogP contribution is 2.34. The van der Waals surface area contributed by atoms with Crippen LogP contribution in [0.15, 0.2) is 47.4 Å². The van der Waals surface area contributed by atoms with Crippen molar-refractivity contribution in [2.75, 3.05) is 24.4 Å². The Hall–Kier alpha value is -2.46. The second-order valence-corrected chi connectivity index (χ2v) is 9.40. The van der Waals surface area contributed by atoms with E-state index in [2.05, 4.69) is 4.72 Å². The number of nitrogens with zero attached hydrogens (tertiary/aromatic N) is 1. The van der Waals surface area contributed by atoms with Gasteiger partial charge in [-0.1, -0.05) is 11.6 Å². The number of alkyl halides is 3. The van der Waals surface area contributed by atoms with Gasteiger partial charge in [0.1, 0.15) is 10.6 Å². The van der Waals surface area contributed by atoms with Gasteiger partial charge in [-0.05, 0) is 62.2 Å². The summed E-state index contributed by atoms with van der Waals surface area (Å²) < 4.78 is 72.7. The standard InChI is InChI=1S/C21H22ClF3N2O4S/c1-2-31-17-8-6-16(7-9-17)26-32(29,30)19-12-14(5-10-18(19)22)20(28)27-11-3-4-15(13-27)21(23,24)25/h5-10,12,15,26H,2-4,11,13H2,1H3. The maximum absolute atomic E-state index is 13.1. The Balaban J connectivity index is 1.82. The average molecular weight is 491 g/mol. The van der Waals surface area contributed by atoms with Gasteiger partial charge in [-0.15, -0.1) is 0 Å².